The van der Waals surface area contributed by atoms with Gasteiger partial charge in [0.1, 0.15) is 0 Å². The molecule has 2 aromatic rings. The molecule has 7 heteroatoms. The number of hydrogen-bond donors (Lipinski definition) is 1. The van der Waals surface area contributed by atoms with Gasteiger partial charge in [-0.3, -0.25) is 9.52 Å². The summed E-state index contributed by atoms with van der Waals surface area (Å²) in [5, 5.41) is 0. The summed E-state index contributed by atoms with van der Waals surface area (Å²) in [6, 6.07) is 12.2. The van der Waals surface area contributed by atoms with Crippen molar-refractivity contribution in [3.05, 3.63) is 48.0 Å². The molecule has 3 rings (SSSR count). The number of hydrogen-bond acceptors (Lipinski definition) is 4. The molecular weight excluding hydrogens is 356 g/mol. The predicted octanol–water partition coefficient (Wildman–Crippen LogP) is 3.51. The van der Waals surface area contributed by atoms with Crippen molar-refractivity contribution in [2.24, 2.45) is 0 Å². The summed E-state index contributed by atoms with van der Waals surface area (Å²) in [6.45, 7) is 3.48. The van der Waals surface area contributed by atoms with Gasteiger partial charge in [-0.15, -0.1) is 11.8 Å². The quantitative estimate of drug-likeness (QED) is 0.830. The first kappa shape index (κ1) is 17.8. The maximum Gasteiger partial charge on any atom is 0.261 e. The van der Waals surface area contributed by atoms with E-state index in [1.807, 2.05) is 25.3 Å². The number of benzene rings is 2. The van der Waals surface area contributed by atoms with Crippen LogP contribution in [0.4, 0.5) is 11.4 Å². The van der Waals surface area contributed by atoms with Gasteiger partial charge in [0.15, 0.2) is 0 Å². The molecule has 0 fully saturated rings. The normalized spacial score (nSPS) is 16.6. The second-order valence-corrected chi connectivity index (χ2v) is 8.63. The van der Waals surface area contributed by atoms with Crippen molar-refractivity contribution in [2.45, 2.75) is 36.1 Å². The maximum atomic E-state index is 12.7. The van der Waals surface area contributed by atoms with Crippen LogP contribution < -0.4 is 9.62 Å². The van der Waals surface area contributed by atoms with Crippen LogP contribution in [0, 0.1) is 0 Å². The van der Waals surface area contributed by atoms with Crippen LogP contribution in [0.2, 0.25) is 0 Å². The SMILES string of the molecule is CSc1cccc(NS(=O)(=O)c2ccc3c(c2)CC(C)N3C(C)=O)c1. The zero-order valence-corrected chi connectivity index (χ0v) is 15.9. The Kier molecular flexibility index (Phi) is 4.79. The monoisotopic (exact) mass is 376 g/mol. The maximum absolute atomic E-state index is 12.7. The number of nitrogens with one attached hydrogen (secondary N) is 1. The van der Waals surface area contributed by atoms with E-state index in [-0.39, 0.29) is 16.8 Å². The van der Waals surface area contributed by atoms with Gasteiger partial charge in [-0.1, -0.05) is 6.07 Å². The summed E-state index contributed by atoms with van der Waals surface area (Å²) >= 11 is 1.55. The van der Waals surface area contributed by atoms with Gasteiger partial charge in [0.05, 0.1) is 4.90 Å². The Morgan fingerprint density at radius 1 is 1.24 bits per heavy atom. The molecule has 0 saturated heterocycles. The van der Waals surface area contributed by atoms with Gasteiger partial charge in [0.2, 0.25) is 5.91 Å². The molecule has 0 aliphatic carbocycles. The first-order chi connectivity index (χ1) is 11.8. The Bertz CT molecular complexity index is 926. The van der Waals surface area contributed by atoms with E-state index in [1.54, 1.807) is 47.0 Å². The first-order valence-electron chi connectivity index (χ1n) is 7.91. The van der Waals surface area contributed by atoms with E-state index in [0.717, 1.165) is 16.1 Å². The van der Waals surface area contributed by atoms with Crippen LogP contribution in [-0.4, -0.2) is 26.6 Å². The molecule has 1 unspecified atom stereocenters. The van der Waals surface area contributed by atoms with E-state index >= 15 is 0 Å². The molecule has 0 bridgehead atoms. The number of carbonyl (C=O) groups excluding carboxylic acids is 1. The average molecular weight is 377 g/mol. The minimum atomic E-state index is -3.68. The van der Waals surface area contributed by atoms with Gasteiger partial charge in [0.25, 0.3) is 10.0 Å². The van der Waals surface area contributed by atoms with Crippen LogP contribution >= 0.6 is 11.8 Å². The molecule has 1 aliphatic rings. The number of amides is 1. The van der Waals surface area contributed by atoms with Gasteiger partial charge >= 0.3 is 0 Å². The number of sulfonamides is 1. The summed E-state index contributed by atoms with van der Waals surface area (Å²) in [4.78, 5) is 14.7. The molecular formula is C18H20N2O3S2. The van der Waals surface area contributed by atoms with Crippen molar-refractivity contribution in [2.75, 3.05) is 15.9 Å². The zero-order chi connectivity index (χ0) is 18.2. The molecule has 1 aliphatic heterocycles. The van der Waals surface area contributed by atoms with Crippen LogP contribution in [-0.2, 0) is 21.2 Å². The lowest BCUT2D eigenvalue weighted by atomic mass is 10.1. The van der Waals surface area contributed by atoms with Gasteiger partial charge < -0.3 is 4.90 Å². The van der Waals surface area contributed by atoms with Crippen LogP contribution in [0.15, 0.2) is 52.3 Å². The van der Waals surface area contributed by atoms with E-state index in [9.17, 15) is 13.2 Å². The fourth-order valence-corrected chi connectivity index (χ4v) is 4.71. The van der Waals surface area contributed by atoms with Crippen molar-refractivity contribution in [1.82, 2.24) is 0 Å². The Labute approximate surface area is 152 Å². The van der Waals surface area contributed by atoms with E-state index in [4.69, 9.17) is 0 Å². The second-order valence-electron chi connectivity index (χ2n) is 6.07. The van der Waals surface area contributed by atoms with Crippen molar-refractivity contribution < 1.29 is 13.2 Å². The van der Waals surface area contributed by atoms with Crippen molar-refractivity contribution >= 4 is 39.1 Å². The molecule has 1 atom stereocenters. The minimum absolute atomic E-state index is 0.0335. The third kappa shape index (κ3) is 3.52. The van der Waals surface area contributed by atoms with Crippen LogP contribution in [0.5, 0.6) is 0 Å². The molecule has 5 nitrogen and oxygen atoms in total. The van der Waals surface area contributed by atoms with Crippen molar-refractivity contribution in [3.8, 4) is 0 Å². The van der Waals surface area contributed by atoms with Gasteiger partial charge in [-0.2, -0.15) is 0 Å². The highest BCUT2D eigenvalue weighted by molar-refractivity contribution is 7.98. The lowest BCUT2D eigenvalue weighted by Gasteiger charge is -2.20. The number of anilines is 2. The fraction of sp³-hybridized carbons (Fsp3) is 0.278. The van der Waals surface area contributed by atoms with E-state index in [0.29, 0.717) is 12.1 Å². The summed E-state index contributed by atoms with van der Waals surface area (Å²) in [6.07, 6.45) is 2.59. The topological polar surface area (TPSA) is 66.5 Å². The second kappa shape index (κ2) is 6.72. The number of carbonyl (C=O) groups is 1. The predicted molar refractivity (Wildman–Crippen MR) is 102 cm³/mol. The van der Waals surface area contributed by atoms with Crippen LogP contribution in [0.25, 0.3) is 0 Å². The van der Waals surface area contributed by atoms with E-state index in [2.05, 4.69) is 4.72 Å². The van der Waals surface area contributed by atoms with E-state index < -0.39 is 10.0 Å². The number of nitrogens with zero attached hydrogens (tertiary/aromatic N) is 1. The number of thioether (sulfide) groups is 1. The molecule has 2 aromatic carbocycles. The van der Waals surface area contributed by atoms with Crippen LogP contribution in [0.3, 0.4) is 0 Å². The highest BCUT2D eigenvalue weighted by Crippen LogP contribution is 2.34. The third-order valence-electron chi connectivity index (χ3n) is 4.24. The third-order valence-corrected chi connectivity index (χ3v) is 6.34. The number of rotatable bonds is 4. The summed E-state index contributed by atoms with van der Waals surface area (Å²) in [5.41, 5.74) is 2.21. The zero-order valence-electron chi connectivity index (χ0n) is 14.3. The standard InChI is InChI=1S/C18H20N2O3S2/c1-12-9-14-10-17(7-8-18(14)20(12)13(2)21)25(22,23)19-15-5-4-6-16(11-15)24-3/h4-8,10-12,19H,9H2,1-3H3. The van der Waals surface area contributed by atoms with Crippen molar-refractivity contribution in [1.29, 1.82) is 0 Å². The Morgan fingerprint density at radius 3 is 2.68 bits per heavy atom. The lowest BCUT2D eigenvalue weighted by molar-refractivity contribution is -0.116. The summed E-state index contributed by atoms with van der Waals surface area (Å²) < 4.78 is 28.0. The molecule has 0 spiro atoms. The van der Waals surface area contributed by atoms with Gasteiger partial charge in [-0.25, -0.2) is 8.42 Å². The van der Waals surface area contributed by atoms with Crippen LogP contribution in [0.1, 0.15) is 19.4 Å². The van der Waals surface area contributed by atoms with E-state index in [1.165, 1.54) is 6.92 Å². The van der Waals surface area contributed by atoms with Gasteiger partial charge in [-0.05, 0) is 61.6 Å². The largest absolute Gasteiger partial charge is 0.309 e. The Hall–Kier alpha value is -1.99. The molecule has 25 heavy (non-hydrogen) atoms. The first-order valence-corrected chi connectivity index (χ1v) is 10.6. The minimum Gasteiger partial charge on any atom is -0.309 e. The molecule has 1 heterocycles. The number of fused-ring (bicyclic) bond motifs is 1. The molecule has 0 radical (unpaired) electrons. The lowest BCUT2D eigenvalue weighted by Crippen LogP contribution is -2.33. The average Bonchev–Trinajstić information content (AvgIpc) is 2.89. The summed E-state index contributed by atoms with van der Waals surface area (Å²) in [7, 11) is -3.68. The Balaban J connectivity index is 1.91. The highest BCUT2D eigenvalue weighted by Gasteiger charge is 2.30. The molecule has 132 valence electrons. The molecule has 1 N–H and O–H groups in total. The van der Waals surface area contributed by atoms with Gasteiger partial charge in [0, 0.05) is 29.2 Å². The Morgan fingerprint density at radius 2 is 2.00 bits per heavy atom. The smallest absolute Gasteiger partial charge is 0.261 e. The fourth-order valence-electron chi connectivity index (χ4n) is 3.16. The van der Waals surface area contributed by atoms with Crippen molar-refractivity contribution in [3.63, 3.8) is 0 Å². The molecule has 1 amide bonds. The highest BCUT2D eigenvalue weighted by atomic mass is 32.2. The summed E-state index contributed by atoms with van der Waals surface area (Å²) in [5.74, 6) is -0.0335. The molecule has 0 saturated carbocycles. The molecule has 0 aromatic heterocycles.